The quantitative estimate of drug-likeness (QED) is 0.475. The molecule has 168 valence electrons. The van der Waals surface area contributed by atoms with Crippen molar-refractivity contribution in [1.29, 1.82) is 0 Å². The normalized spacial score (nSPS) is 27.4. The number of hydrogen-bond donors (Lipinski definition) is 0. The van der Waals surface area contributed by atoms with Gasteiger partial charge in [0.2, 0.25) is 0 Å². The maximum Gasteiger partial charge on any atom is 0.411 e. The van der Waals surface area contributed by atoms with Crippen molar-refractivity contribution >= 4 is 11.8 Å². The fraction of sp³-hybridized carbons (Fsp3) is 0.321. The molecule has 0 unspecified atom stereocenters. The molecule has 3 aliphatic rings. The Hall–Kier alpha value is -3.31. The average Bonchev–Trinajstić information content (AvgIpc) is 3.45. The number of fused-ring (bicyclic) bond motifs is 8. The standard InChI is InChI=1S/C28H28N2O3/c1-28(2,3)32-27(31)29-24-20-16-10-11-17-21(20)25(29)26-22(24)23(18-12-6-4-7-13-18)30(33-26)19-14-8-5-9-15-19/h4-17,22-26H,1-3H3/t22-,23+,24-,25+,26-/m0/s1. The Morgan fingerprint density at radius 1 is 0.788 bits per heavy atom. The van der Waals surface area contributed by atoms with Crippen LogP contribution in [0.4, 0.5) is 10.5 Å². The summed E-state index contributed by atoms with van der Waals surface area (Å²) in [5.74, 6) is 0.0834. The van der Waals surface area contributed by atoms with Gasteiger partial charge >= 0.3 is 6.09 Å². The number of benzene rings is 3. The molecule has 3 aromatic carbocycles. The zero-order valence-electron chi connectivity index (χ0n) is 19.1. The number of para-hydroxylation sites is 1. The van der Waals surface area contributed by atoms with Gasteiger partial charge in [0.25, 0.3) is 0 Å². The van der Waals surface area contributed by atoms with Gasteiger partial charge in [0.05, 0.1) is 23.8 Å². The first-order valence-electron chi connectivity index (χ1n) is 11.6. The minimum Gasteiger partial charge on any atom is -0.444 e. The fourth-order valence-electron chi connectivity index (χ4n) is 5.82. The van der Waals surface area contributed by atoms with Crippen LogP contribution in [-0.2, 0) is 9.57 Å². The second-order valence-electron chi connectivity index (χ2n) is 10.1. The number of hydroxylamine groups is 1. The van der Waals surface area contributed by atoms with E-state index in [1.807, 2.05) is 56.0 Å². The first-order chi connectivity index (χ1) is 15.9. The van der Waals surface area contributed by atoms with E-state index in [1.54, 1.807) is 0 Å². The Labute approximate surface area is 194 Å². The molecule has 2 bridgehead atoms. The molecular formula is C28H28N2O3. The van der Waals surface area contributed by atoms with E-state index in [1.165, 1.54) is 11.1 Å². The molecule has 2 saturated heterocycles. The summed E-state index contributed by atoms with van der Waals surface area (Å²) >= 11 is 0. The lowest BCUT2D eigenvalue weighted by Gasteiger charge is -2.33. The van der Waals surface area contributed by atoms with Crippen LogP contribution >= 0.6 is 0 Å². The molecule has 5 atom stereocenters. The topological polar surface area (TPSA) is 42.0 Å². The van der Waals surface area contributed by atoms with E-state index >= 15 is 0 Å². The zero-order chi connectivity index (χ0) is 22.7. The number of anilines is 1. The lowest BCUT2D eigenvalue weighted by atomic mass is 9.77. The van der Waals surface area contributed by atoms with Crippen LogP contribution in [-0.4, -0.2) is 22.7 Å². The minimum absolute atomic E-state index is 0.0214. The predicted octanol–water partition coefficient (Wildman–Crippen LogP) is 6.21. The van der Waals surface area contributed by atoms with E-state index < -0.39 is 5.60 Å². The van der Waals surface area contributed by atoms with Gasteiger partial charge in [-0.3, -0.25) is 9.74 Å². The second kappa shape index (κ2) is 7.35. The lowest BCUT2D eigenvalue weighted by molar-refractivity contribution is 0.000437. The molecule has 1 amide bonds. The van der Waals surface area contributed by atoms with E-state index in [0.29, 0.717) is 0 Å². The van der Waals surface area contributed by atoms with Crippen molar-refractivity contribution in [2.75, 3.05) is 5.06 Å². The molecule has 2 fully saturated rings. The van der Waals surface area contributed by atoms with Crippen LogP contribution in [0.5, 0.6) is 0 Å². The van der Waals surface area contributed by atoms with Gasteiger partial charge in [-0.15, -0.1) is 0 Å². The molecule has 0 saturated carbocycles. The van der Waals surface area contributed by atoms with Crippen LogP contribution in [0, 0.1) is 5.92 Å². The lowest BCUT2D eigenvalue weighted by Crippen LogP contribution is -2.38. The molecular weight excluding hydrogens is 412 g/mol. The number of amides is 1. The molecule has 0 spiro atoms. The van der Waals surface area contributed by atoms with E-state index in [9.17, 15) is 4.79 Å². The molecule has 5 nitrogen and oxygen atoms in total. The first kappa shape index (κ1) is 20.3. The maximum absolute atomic E-state index is 13.5. The van der Waals surface area contributed by atoms with Gasteiger partial charge in [-0.2, -0.15) is 0 Å². The third kappa shape index (κ3) is 3.14. The number of rotatable bonds is 2. The van der Waals surface area contributed by atoms with Gasteiger partial charge in [0.1, 0.15) is 11.7 Å². The highest BCUT2D eigenvalue weighted by molar-refractivity contribution is 5.73. The van der Waals surface area contributed by atoms with Crippen LogP contribution in [0.1, 0.15) is 55.6 Å². The Morgan fingerprint density at radius 3 is 2.00 bits per heavy atom. The number of ether oxygens (including phenoxy) is 1. The van der Waals surface area contributed by atoms with Gasteiger partial charge in [-0.25, -0.2) is 9.86 Å². The summed E-state index contributed by atoms with van der Waals surface area (Å²) in [7, 11) is 0. The third-order valence-corrected chi connectivity index (χ3v) is 6.90. The summed E-state index contributed by atoms with van der Waals surface area (Å²) in [4.78, 5) is 22.1. The van der Waals surface area contributed by atoms with Crippen LogP contribution in [0.2, 0.25) is 0 Å². The molecule has 0 N–H and O–H groups in total. The fourth-order valence-corrected chi connectivity index (χ4v) is 5.82. The van der Waals surface area contributed by atoms with Crippen LogP contribution in [0.3, 0.4) is 0 Å². The van der Waals surface area contributed by atoms with Crippen molar-refractivity contribution in [3.05, 3.63) is 102 Å². The monoisotopic (exact) mass is 440 g/mol. The molecule has 0 radical (unpaired) electrons. The van der Waals surface area contributed by atoms with Gasteiger partial charge in [0.15, 0.2) is 0 Å². The molecule has 3 aliphatic heterocycles. The largest absolute Gasteiger partial charge is 0.444 e. The highest BCUT2D eigenvalue weighted by atomic mass is 16.7. The molecule has 6 rings (SSSR count). The van der Waals surface area contributed by atoms with Crippen molar-refractivity contribution in [1.82, 2.24) is 4.90 Å². The van der Waals surface area contributed by atoms with Crippen molar-refractivity contribution in [3.63, 3.8) is 0 Å². The highest BCUT2D eigenvalue weighted by Gasteiger charge is 2.66. The Morgan fingerprint density at radius 2 is 1.36 bits per heavy atom. The minimum atomic E-state index is -0.559. The maximum atomic E-state index is 13.5. The Bertz CT molecular complexity index is 1170. The molecule has 33 heavy (non-hydrogen) atoms. The van der Waals surface area contributed by atoms with Gasteiger partial charge in [-0.1, -0.05) is 72.8 Å². The summed E-state index contributed by atoms with van der Waals surface area (Å²) in [5.41, 5.74) is 4.01. The SMILES string of the molecule is CC(C)(C)OC(=O)N1[C@@H]2c3ccccc3[C@H]1[C@H]1[C@@H]2ON(c2ccccc2)[C@@H]1c1ccccc1. The highest BCUT2D eigenvalue weighted by Crippen LogP contribution is 2.64. The van der Waals surface area contributed by atoms with Crippen molar-refractivity contribution in [2.45, 2.75) is 50.6 Å². The number of carbonyl (C=O) groups is 1. The molecule has 0 aromatic heterocycles. The smallest absolute Gasteiger partial charge is 0.411 e. The van der Waals surface area contributed by atoms with Crippen molar-refractivity contribution < 1.29 is 14.4 Å². The van der Waals surface area contributed by atoms with Gasteiger partial charge in [0, 0.05) is 5.92 Å². The number of carbonyl (C=O) groups excluding carboxylic acids is 1. The second-order valence-corrected chi connectivity index (χ2v) is 10.1. The van der Waals surface area contributed by atoms with Crippen molar-refractivity contribution in [2.24, 2.45) is 5.92 Å². The Kier molecular flexibility index (Phi) is 4.53. The van der Waals surface area contributed by atoms with E-state index in [2.05, 4.69) is 59.7 Å². The first-order valence-corrected chi connectivity index (χ1v) is 11.6. The molecule has 0 aliphatic carbocycles. The summed E-state index contributed by atoms with van der Waals surface area (Å²) in [6.07, 6.45) is -0.424. The summed E-state index contributed by atoms with van der Waals surface area (Å²) in [5, 5.41) is 2.06. The van der Waals surface area contributed by atoms with Crippen molar-refractivity contribution in [3.8, 4) is 0 Å². The van der Waals surface area contributed by atoms with E-state index in [-0.39, 0.29) is 36.2 Å². The summed E-state index contributed by atoms with van der Waals surface area (Å²) < 4.78 is 5.87. The average molecular weight is 441 g/mol. The zero-order valence-corrected chi connectivity index (χ0v) is 19.1. The predicted molar refractivity (Wildman–Crippen MR) is 126 cm³/mol. The van der Waals surface area contributed by atoms with Gasteiger partial charge in [-0.05, 0) is 49.6 Å². The number of nitrogens with zero attached hydrogens (tertiary/aromatic N) is 2. The molecule has 5 heteroatoms. The van der Waals surface area contributed by atoms with Crippen LogP contribution < -0.4 is 5.06 Å². The Balaban J connectivity index is 1.48. The van der Waals surface area contributed by atoms with Crippen LogP contribution in [0.25, 0.3) is 0 Å². The van der Waals surface area contributed by atoms with Crippen LogP contribution in [0.15, 0.2) is 84.9 Å². The number of hydrogen-bond acceptors (Lipinski definition) is 4. The summed E-state index contributed by atoms with van der Waals surface area (Å²) in [6, 6.07) is 28.8. The third-order valence-electron chi connectivity index (χ3n) is 6.90. The van der Waals surface area contributed by atoms with Gasteiger partial charge < -0.3 is 4.74 Å². The molecule has 3 heterocycles. The molecule has 3 aromatic rings. The van der Waals surface area contributed by atoms with E-state index in [4.69, 9.17) is 9.57 Å². The summed E-state index contributed by atoms with van der Waals surface area (Å²) in [6.45, 7) is 5.74. The van der Waals surface area contributed by atoms with E-state index in [0.717, 1.165) is 11.3 Å².